The van der Waals surface area contributed by atoms with Crippen LogP contribution in [0.3, 0.4) is 0 Å². The molecule has 0 fully saturated rings. The summed E-state index contributed by atoms with van der Waals surface area (Å²) in [6.07, 6.45) is 2.47. The number of hydrogen-bond donors (Lipinski definition) is 0. The van der Waals surface area contributed by atoms with Gasteiger partial charge in [0.2, 0.25) is 0 Å². The zero-order chi connectivity index (χ0) is 34.2. The summed E-state index contributed by atoms with van der Waals surface area (Å²) in [4.78, 5) is 15.6. The van der Waals surface area contributed by atoms with Gasteiger partial charge in [0.25, 0.3) is 0 Å². The molecule has 6 nitrogen and oxygen atoms in total. The molecular weight excluding hydrogens is 619 g/mol. The van der Waals surface area contributed by atoms with E-state index in [0.29, 0.717) is 25.6 Å². The fourth-order valence-corrected chi connectivity index (χ4v) is 6.70. The first kappa shape index (κ1) is 36.2. The maximum Gasteiger partial charge on any atom is 0.421 e. The Morgan fingerprint density at radius 2 is 1.55 bits per heavy atom. The number of para-hydroxylation sites is 2. The summed E-state index contributed by atoms with van der Waals surface area (Å²) in [5, 5.41) is 0.112. The maximum absolute atomic E-state index is 13.9. The zero-order valence-electron chi connectivity index (χ0n) is 29.6. The van der Waals surface area contributed by atoms with E-state index >= 15 is 0 Å². The first-order valence-electron chi connectivity index (χ1n) is 16.4. The Hall–Kier alpha value is -3.62. The number of amides is 1. The molecule has 0 radical (unpaired) electrons. The third-order valence-electron chi connectivity index (χ3n) is 8.75. The van der Waals surface area contributed by atoms with E-state index in [1.807, 2.05) is 60.7 Å². The van der Waals surface area contributed by atoms with Crippen LogP contribution in [-0.2, 0) is 15.8 Å². The molecule has 0 aromatic heterocycles. The molecule has 0 aliphatic carbocycles. The van der Waals surface area contributed by atoms with E-state index in [4.69, 9.17) is 18.6 Å². The van der Waals surface area contributed by atoms with E-state index in [9.17, 15) is 4.79 Å². The van der Waals surface area contributed by atoms with E-state index < -0.39 is 28.5 Å². The third kappa shape index (κ3) is 9.94. The molecule has 4 rings (SSSR count). The van der Waals surface area contributed by atoms with Crippen molar-refractivity contribution in [1.29, 1.82) is 0 Å². The number of ether oxygens (including phenoxy) is 3. The number of fused-ring (bicyclic) bond motifs is 1. The first-order valence-corrected chi connectivity index (χ1v) is 22.8. The normalized spacial score (nSPS) is 15.6. The van der Waals surface area contributed by atoms with E-state index in [1.54, 1.807) is 24.1 Å². The van der Waals surface area contributed by atoms with Crippen LogP contribution in [0.1, 0.15) is 38.3 Å². The van der Waals surface area contributed by atoms with Gasteiger partial charge in [-0.1, -0.05) is 94.9 Å². The Balaban J connectivity index is 1.70. The summed E-state index contributed by atoms with van der Waals surface area (Å²) in [5.74, 6) is 4.81. The molecule has 0 saturated carbocycles. The van der Waals surface area contributed by atoms with Crippen molar-refractivity contribution in [3.63, 3.8) is 0 Å². The Kier molecular flexibility index (Phi) is 12.0. The summed E-state index contributed by atoms with van der Waals surface area (Å²) < 4.78 is 24.3. The predicted octanol–water partition coefficient (Wildman–Crippen LogP) is 9.59. The molecule has 3 aromatic rings. The van der Waals surface area contributed by atoms with Crippen LogP contribution < -0.4 is 14.4 Å². The van der Waals surface area contributed by atoms with Gasteiger partial charge >= 0.3 is 6.09 Å². The minimum absolute atomic E-state index is 0.0163. The van der Waals surface area contributed by atoms with Gasteiger partial charge in [0, 0.05) is 18.1 Å². The van der Waals surface area contributed by atoms with Crippen LogP contribution in [0.5, 0.6) is 11.5 Å². The maximum atomic E-state index is 13.9. The van der Waals surface area contributed by atoms with Crippen LogP contribution in [0, 0.1) is 17.4 Å². The Morgan fingerprint density at radius 3 is 2.19 bits per heavy atom. The Labute approximate surface area is 284 Å². The van der Waals surface area contributed by atoms with Gasteiger partial charge in [-0.3, -0.25) is 4.90 Å². The van der Waals surface area contributed by atoms with E-state index in [2.05, 4.69) is 77.1 Å². The second-order valence-electron chi connectivity index (χ2n) is 14.6. The van der Waals surface area contributed by atoms with Gasteiger partial charge in [-0.2, -0.15) is 0 Å². The van der Waals surface area contributed by atoms with Crippen LogP contribution >= 0.6 is 0 Å². The molecule has 1 aliphatic heterocycles. The zero-order valence-corrected chi connectivity index (χ0v) is 31.6. The highest BCUT2D eigenvalue weighted by molar-refractivity contribution is 6.83. The standard InChI is InChI=1S/C39H51NO5Si2/c1-39(2,3)47(8,9)44-25-23-31(29-43-28-30-19-21-33(42-4)22-20-30)36-27-32(24-26-46(5,6)7)40(37-18-14-13-17-35(36)37)38(41)45-34-15-11-10-12-16-34/h10-22,27,31-32H,23,25,28-29H2,1-9H3/t31-,32-/m1/s1. The van der Waals surface area contributed by atoms with Crippen molar-refractivity contribution in [2.75, 3.05) is 25.2 Å². The summed E-state index contributed by atoms with van der Waals surface area (Å²) >= 11 is 0. The van der Waals surface area contributed by atoms with Gasteiger partial charge in [0.1, 0.15) is 25.6 Å². The number of nitrogens with zero attached hydrogens (tertiary/aromatic N) is 1. The van der Waals surface area contributed by atoms with Crippen molar-refractivity contribution < 1.29 is 23.4 Å². The predicted molar refractivity (Wildman–Crippen MR) is 198 cm³/mol. The average molecular weight is 670 g/mol. The summed E-state index contributed by atoms with van der Waals surface area (Å²) in [7, 11) is -2.05. The Bertz CT molecular complexity index is 1580. The van der Waals surface area contributed by atoms with Crippen LogP contribution in [0.25, 0.3) is 5.57 Å². The molecule has 250 valence electrons. The van der Waals surface area contributed by atoms with Crippen LogP contribution in [-0.4, -0.2) is 48.8 Å². The monoisotopic (exact) mass is 669 g/mol. The average Bonchev–Trinajstić information content (AvgIpc) is 3.02. The van der Waals surface area contributed by atoms with Crippen molar-refractivity contribution in [1.82, 2.24) is 0 Å². The van der Waals surface area contributed by atoms with Crippen LogP contribution in [0.15, 0.2) is 84.9 Å². The molecule has 1 heterocycles. The topological polar surface area (TPSA) is 57.2 Å². The fourth-order valence-electron chi connectivity index (χ4n) is 5.06. The molecule has 3 aromatic carbocycles. The highest BCUT2D eigenvalue weighted by Crippen LogP contribution is 2.41. The molecule has 8 heteroatoms. The summed E-state index contributed by atoms with van der Waals surface area (Å²) in [5.41, 5.74) is 7.48. The van der Waals surface area contributed by atoms with Gasteiger partial charge < -0.3 is 18.6 Å². The lowest BCUT2D eigenvalue weighted by Gasteiger charge is -2.37. The molecule has 0 spiro atoms. The number of carbonyl (C=O) groups excluding carboxylic acids is 1. The molecule has 0 saturated heterocycles. The van der Waals surface area contributed by atoms with Gasteiger partial charge in [0.15, 0.2) is 8.32 Å². The number of benzene rings is 3. The van der Waals surface area contributed by atoms with Gasteiger partial charge in [-0.15, -0.1) is 5.54 Å². The number of methoxy groups -OCH3 is 1. The van der Waals surface area contributed by atoms with E-state index in [0.717, 1.165) is 34.6 Å². The summed E-state index contributed by atoms with van der Waals surface area (Å²) in [6, 6.07) is 24.7. The third-order valence-corrected chi connectivity index (χ3v) is 14.2. The van der Waals surface area contributed by atoms with E-state index in [-0.39, 0.29) is 11.0 Å². The molecular formula is C39H51NO5Si2. The molecule has 1 aliphatic rings. The van der Waals surface area contributed by atoms with Crippen molar-refractivity contribution in [2.45, 2.75) is 77.6 Å². The van der Waals surface area contributed by atoms with Crippen LogP contribution in [0.2, 0.25) is 37.8 Å². The molecule has 47 heavy (non-hydrogen) atoms. The molecule has 1 amide bonds. The highest BCUT2D eigenvalue weighted by atomic mass is 28.4. The smallest absolute Gasteiger partial charge is 0.421 e. The molecule has 0 N–H and O–H groups in total. The quantitative estimate of drug-likeness (QED) is 0.150. The first-order chi connectivity index (χ1) is 22.2. The van der Waals surface area contributed by atoms with Crippen molar-refractivity contribution >= 4 is 33.7 Å². The molecule has 2 atom stereocenters. The van der Waals surface area contributed by atoms with Crippen molar-refractivity contribution in [3.05, 3.63) is 96.1 Å². The Morgan fingerprint density at radius 1 is 0.894 bits per heavy atom. The number of hydrogen-bond acceptors (Lipinski definition) is 5. The lowest BCUT2D eigenvalue weighted by molar-refractivity contribution is 0.0940. The van der Waals surface area contributed by atoms with Crippen LogP contribution in [0.4, 0.5) is 10.5 Å². The largest absolute Gasteiger partial charge is 0.497 e. The van der Waals surface area contributed by atoms with Gasteiger partial charge in [0.05, 0.1) is 26.0 Å². The minimum Gasteiger partial charge on any atom is -0.497 e. The van der Waals surface area contributed by atoms with Crippen molar-refractivity contribution in [2.24, 2.45) is 5.92 Å². The second-order valence-corrected chi connectivity index (χ2v) is 24.2. The van der Waals surface area contributed by atoms with E-state index in [1.165, 1.54) is 0 Å². The fraction of sp³-hybridized carbons (Fsp3) is 0.410. The SMILES string of the molecule is COc1ccc(COC[C@@H](CCO[Si](C)(C)C(C)(C)C)C2=C[C@@H](C#C[Si](C)(C)C)N(C(=O)Oc3ccccc3)c3ccccc32)cc1. The number of rotatable bonds is 11. The van der Waals surface area contributed by atoms with Gasteiger partial charge in [-0.05, 0) is 72.1 Å². The lowest BCUT2D eigenvalue weighted by atomic mass is 9.85. The molecule has 0 bridgehead atoms. The number of carbonyl (C=O) groups is 1. The lowest BCUT2D eigenvalue weighted by Crippen LogP contribution is -2.44. The summed E-state index contributed by atoms with van der Waals surface area (Å²) in [6.45, 7) is 19.6. The second kappa shape index (κ2) is 15.5. The highest BCUT2D eigenvalue weighted by Gasteiger charge is 2.38. The molecule has 0 unspecified atom stereocenters. The van der Waals surface area contributed by atoms with Crippen molar-refractivity contribution in [3.8, 4) is 23.0 Å². The number of anilines is 1. The minimum atomic E-state index is -1.96. The van der Waals surface area contributed by atoms with Gasteiger partial charge in [-0.25, -0.2) is 4.79 Å².